The van der Waals surface area contributed by atoms with Crippen LogP contribution in [0.15, 0.2) is 18.2 Å². The first-order valence-electron chi connectivity index (χ1n) is 3.33. The lowest BCUT2D eigenvalue weighted by atomic mass is 10.1. The summed E-state index contributed by atoms with van der Waals surface area (Å²) in [5, 5.41) is -0.504. The topological polar surface area (TPSA) is 26.3 Å². The number of ether oxygens (including phenoxy) is 1. The Labute approximate surface area is 76.5 Å². The minimum Gasteiger partial charge on any atom is -0.442 e. The van der Waals surface area contributed by atoms with Gasteiger partial charge in [-0.15, -0.1) is 0 Å². The molecule has 1 aliphatic rings. The standard InChI is InChI=1S/C8H4BrFO2/c9-7-4-2-1-3-5(10)6(4)8(11)12-7/h1-3,7H/t7-/m0/s1. The maximum absolute atomic E-state index is 13.0. The molecule has 0 amide bonds. The molecule has 1 aliphatic heterocycles. The van der Waals surface area contributed by atoms with Gasteiger partial charge in [0.05, 0.1) is 0 Å². The van der Waals surface area contributed by atoms with Crippen LogP contribution in [0.1, 0.15) is 20.9 Å². The fourth-order valence-corrected chi connectivity index (χ4v) is 1.71. The summed E-state index contributed by atoms with van der Waals surface area (Å²) in [7, 11) is 0. The molecule has 0 radical (unpaired) electrons. The van der Waals surface area contributed by atoms with E-state index >= 15 is 0 Å². The predicted octanol–water partition coefficient (Wildman–Crippen LogP) is 2.39. The second kappa shape index (κ2) is 2.55. The van der Waals surface area contributed by atoms with E-state index < -0.39 is 16.8 Å². The molecular formula is C8H4BrFO2. The summed E-state index contributed by atoms with van der Waals surface area (Å²) in [6, 6.07) is 4.44. The lowest BCUT2D eigenvalue weighted by molar-refractivity contribution is 0.0527. The zero-order valence-electron chi connectivity index (χ0n) is 5.88. The number of hydrogen-bond acceptors (Lipinski definition) is 2. The largest absolute Gasteiger partial charge is 0.442 e. The monoisotopic (exact) mass is 230 g/mol. The van der Waals surface area contributed by atoms with Crippen molar-refractivity contribution in [2.45, 2.75) is 5.01 Å². The predicted molar refractivity (Wildman–Crippen MR) is 43.5 cm³/mol. The van der Waals surface area contributed by atoms with Crippen molar-refractivity contribution in [1.29, 1.82) is 0 Å². The van der Waals surface area contributed by atoms with Crippen LogP contribution in [-0.4, -0.2) is 5.97 Å². The summed E-state index contributed by atoms with van der Waals surface area (Å²) >= 11 is 3.10. The molecule has 2 nitrogen and oxygen atoms in total. The van der Waals surface area contributed by atoms with E-state index in [-0.39, 0.29) is 5.56 Å². The molecule has 0 fully saturated rings. The van der Waals surface area contributed by atoms with Crippen molar-refractivity contribution >= 4 is 21.9 Å². The smallest absolute Gasteiger partial charge is 0.343 e. The molecule has 0 bridgehead atoms. The van der Waals surface area contributed by atoms with E-state index in [4.69, 9.17) is 4.74 Å². The van der Waals surface area contributed by atoms with E-state index in [1.54, 1.807) is 12.1 Å². The Morgan fingerprint density at radius 1 is 1.50 bits per heavy atom. The van der Waals surface area contributed by atoms with Crippen LogP contribution in [-0.2, 0) is 4.74 Å². The summed E-state index contributed by atoms with van der Waals surface area (Å²) in [4.78, 5) is 11.0. The van der Waals surface area contributed by atoms with Crippen molar-refractivity contribution in [1.82, 2.24) is 0 Å². The first-order chi connectivity index (χ1) is 5.70. The van der Waals surface area contributed by atoms with Gasteiger partial charge in [0.25, 0.3) is 0 Å². The van der Waals surface area contributed by atoms with Crippen LogP contribution in [0.4, 0.5) is 4.39 Å². The Morgan fingerprint density at radius 2 is 2.25 bits per heavy atom. The summed E-state index contributed by atoms with van der Waals surface area (Å²) < 4.78 is 17.7. The van der Waals surface area contributed by atoms with Gasteiger partial charge in [-0.2, -0.15) is 0 Å². The third-order valence-electron chi connectivity index (χ3n) is 1.70. The summed E-state index contributed by atoms with van der Waals surface area (Å²) in [6.07, 6.45) is 0. The van der Waals surface area contributed by atoms with Gasteiger partial charge in [-0.1, -0.05) is 12.1 Å². The molecule has 0 saturated heterocycles. The average Bonchev–Trinajstić information content (AvgIpc) is 2.29. The lowest BCUT2D eigenvalue weighted by Gasteiger charge is -1.98. The van der Waals surface area contributed by atoms with E-state index in [9.17, 15) is 9.18 Å². The maximum atomic E-state index is 13.0. The van der Waals surface area contributed by atoms with Gasteiger partial charge in [-0.05, 0) is 22.0 Å². The second-order valence-electron chi connectivity index (χ2n) is 2.43. The van der Waals surface area contributed by atoms with Crippen LogP contribution in [0.2, 0.25) is 0 Å². The fraction of sp³-hybridized carbons (Fsp3) is 0.125. The van der Waals surface area contributed by atoms with Gasteiger partial charge >= 0.3 is 5.97 Å². The molecule has 62 valence electrons. The lowest BCUT2D eigenvalue weighted by Crippen LogP contribution is -1.97. The van der Waals surface area contributed by atoms with Crippen LogP contribution >= 0.6 is 15.9 Å². The highest BCUT2D eigenvalue weighted by Crippen LogP contribution is 2.35. The highest BCUT2D eigenvalue weighted by molar-refractivity contribution is 9.09. The Hall–Kier alpha value is -0.900. The molecule has 1 heterocycles. The van der Waals surface area contributed by atoms with Gasteiger partial charge in [0.15, 0.2) is 5.01 Å². The van der Waals surface area contributed by atoms with Crippen molar-refractivity contribution < 1.29 is 13.9 Å². The Balaban J connectivity index is 2.67. The SMILES string of the molecule is O=C1O[C@H](Br)c2cccc(F)c21. The molecular weight excluding hydrogens is 227 g/mol. The third kappa shape index (κ3) is 0.948. The number of benzene rings is 1. The maximum Gasteiger partial charge on any atom is 0.343 e. The molecule has 1 aromatic rings. The quantitative estimate of drug-likeness (QED) is 0.506. The first kappa shape index (κ1) is 7.73. The van der Waals surface area contributed by atoms with Crippen LogP contribution < -0.4 is 0 Å². The molecule has 12 heavy (non-hydrogen) atoms. The average molecular weight is 231 g/mol. The number of carbonyl (C=O) groups is 1. The fourth-order valence-electron chi connectivity index (χ4n) is 1.16. The first-order valence-corrected chi connectivity index (χ1v) is 4.25. The number of alkyl halides is 1. The molecule has 1 atom stereocenters. The zero-order valence-corrected chi connectivity index (χ0v) is 7.47. The molecule has 0 unspecified atom stereocenters. The second-order valence-corrected chi connectivity index (χ2v) is 3.26. The molecule has 2 rings (SSSR count). The highest BCUT2D eigenvalue weighted by atomic mass is 79.9. The van der Waals surface area contributed by atoms with Crippen molar-refractivity contribution in [3.8, 4) is 0 Å². The van der Waals surface area contributed by atoms with Crippen molar-refractivity contribution in [2.75, 3.05) is 0 Å². The number of carbonyl (C=O) groups excluding carboxylic acids is 1. The number of halogens is 2. The summed E-state index contributed by atoms with van der Waals surface area (Å²) in [5.74, 6) is -1.13. The molecule has 0 saturated carbocycles. The van der Waals surface area contributed by atoms with E-state index in [0.29, 0.717) is 5.56 Å². The van der Waals surface area contributed by atoms with E-state index in [1.807, 2.05) is 0 Å². The zero-order chi connectivity index (χ0) is 8.72. The van der Waals surface area contributed by atoms with Crippen molar-refractivity contribution in [3.63, 3.8) is 0 Å². The van der Waals surface area contributed by atoms with Crippen LogP contribution in [0.3, 0.4) is 0 Å². The number of hydrogen-bond donors (Lipinski definition) is 0. The van der Waals surface area contributed by atoms with E-state index in [1.165, 1.54) is 6.07 Å². The summed E-state index contributed by atoms with van der Waals surface area (Å²) in [5.41, 5.74) is 0.597. The van der Waals surface area contributed by atoms with Gasteiger partial charge in [0.1, 0.15) is 11.4 Å². The molecule has 0 aliphatic carbocycles. The van der Waals surface area contributed by atoms with Crippen LogP contribution in [0.5, 0.6) is 0 Å². The van der Waals surface area contributed by atoms with Gasteiger partial charge < -0.3 is 4.74 Å². The van der Waals surface area contributed by atoms with E-state index in [2.05, 4.69) is 15.9 Å². The van der Waals surface area contributed by atoms with Gasteiger partial charge in [-0.3, -0.25) is 0 Å². The third-order valence-corrected chi connectivity index (χ3v) is 2.39. The molecule has 0 aromatic heterocycles. The minimum absolute atomic E-state index is 0.0411. The number of fused-ring (bicyclic) bond motifs is 1. The molecule has 0 N–H and O–H groups in total. The minimum atomic E-state index is -0.607. The Kier molecular flexibility index (Phi) is 1.65. The van der Waals surface area contributed by atoms with Crippen LogP contribution in [0, 0.1) is 5.82 Å². The van der Waals surface area contributed by atoms with Crippen molar-refractivity contribution in [3.05, 3.63) is 35.1 Å². The Morgan fingerprint density at radius 3 is 2.92 bits per heavy atom. The number of cyclic esters (lactones) is 1. The van der Waals surface area contributed by atoms with Gasteiger partial charge in [-0.25, -0.2) is 9.18 Å². The van der Waals surface area contributed by atoms with Gasteiger partial charge in [0, 0.05) is 5.56 Å². The molecule has 0 spiro atoms. The number of rotatable bonds is 0. The van der Waals surface area contributed by atoms with E-state index in [0.717, 1.165) is 0 Å². The Bertz CT molecular complexity index is 351. The van der Waals surface area contributed by atoms with Crippen LogP contribution in [0.25, 0.3) is 0 Å². The van der Waals surface area contributed by atoms with Crippen molar-refractivity contribution in [2.24, 2.45) is 0 Å². The van der Waals surface area contributed by atoms with Gasteiger partial charge in [0.2, 0.25) is 0 Å². The summed E-state index contributed by atoms with van der Waals surface area (Å²) in [6.45, 7) is 0. The molecule has 4 heteroatoms. The highest BCUT2D eigenvalue weighted by Gasteiger charge is 2.31. The normalized spacial score (nSPS) is 20.5. The molecule has 1 aromatic carbocycles. The number of esters is 1.